The molecule has 1 aliphatic rings. The predicted molar refractivity (Wildman–Crippen MR) is 90.1 cm³/mol. The van der Waals surface area contributed by atoms with Crippen molar-refractivity contribution in [3.63, 3.8) is 0 Å². The third kappa shape index (κ3) is 5.35. The van der Waals surface area contributed by atoms with Crippen molar-refractivity contribution in [1.29, 1.82) is 0 Å². The number of nitrogens with one attached hydrogen (secondary N) is 1. The number of rotatable bonds is 6. The molecule has 0 unspecified atom stereocenters. The van der Waals surface area contributed by atoms with Crippen LogP contribution in [0, 0.1) is 5.92 Å². The maximum absolute atomic E-state index is 5.99. The van der Waals surface area contributed by atoms with Gasteiger partial charge in [0.25, 0.3) is 0 Å². The zero-order chi connectivity index (χ0) is 15.1. The lowest BCUT2D eigenvalue weighted by Gasteiger charge is -2.23. The van der Waals surface area contributed by atoms with E-state index in [1.165, 1.54) is 37.7 Å². The lowest BCUT2D eigenvalue weighted by molar-refractivity contribution is 0.289. The summed E-state index contributed by atoms with van der Waals surface area (Å²) in [7, 11) is 0. The van der Waals surface area contributed by atoms with Gasteiger partial charge >= 0.3 is 0 Å². The van der Waals surface area contributed by atoms with Crippen LogP contribution in [-0.2, 0) is 5.41 Å². The van der Waals surface area contributed by atoms with Crippen LogP contribution in [0.1, 0.15) is 58.4 Å². The summed E-state index contributed by atoms with van der Waals surface area (Å²) in [5, 5.41) is 3.56. The van der Waals surface area contributed by atoms with E-state index in [2.05, 4.69) is 50.4 Å². The van der Waals surface area contributed by atoms with Gasteiger partial charge in [-0.3, -0.25) is 0 Å². The summed E-state index contributed by atoms with van der Waals surface area (Å²) in [5.74, 6) is 1.92. The first-order valence-electron chi connectivity index (χ1n) is 8.50. The van der Waals surface area contributed by atoms with Crippen molar-refractivity contribution in [1.82, 2.24) is 5.32 Å². The molecule has 118 valence electrons. The Morgan fingerprint density at radius 1 is 1.10 bits per heavy atom. The number of hydrogen-bond donors (Lipinski definition) is 1. The molecule has 0 heterocycles. The topological polar surface area (TPSA) is 21.3 Å². The Hall–Kier alpha value is -1.02. The summed E-state index contributed by atoms with van der Waals surface area (Å²) >= 11 is 0. The van der Waals surface area contributed by atoms with Crippen molar-refractivity contribution in [2.24, 2.45) is 5.92 Å². The molecule has 1 saturated carbocycles. The van der Waals surface area contributed by atoms with E-state index in [1.807, 2.05) is 0 Å². The van der Waals surface area contributed by atoms with Crippen molar-refractivity contribution in [3.05, 3.63) is 29.8 Å². The van der Waals surface area contributed by atoms with Gasteiger partial charge in [-0.05, 0) is 42.3 Å². The molecule has 1 aliphatic carbocycles. The lowest BCUT2D eigenvalue weighted by atomic mass is 9.86. The Bertz CT molecular complexity index is 416. The van der Waals surface area contributed by atoms with Crippen LogP contribution < -0.4 is 10.1 Å². The van der Waals surface area contributed by atoms with E-state index in [-0.39, 0.29) is 5.41 Å². The molecular formula is C19H31NO. The average molecular weight is 289 g/mol. The van der Waals surface area contributed by atoms with Crippen LogP contribution in [0.5, 0.6) is 5.75 Å². The van der Waals surface area contributed by atoms with Gasteiger partial charge in [-0.2, -0.15) is 0 Å². The standard InChI is InChI=1S/C19H31NO/c1-19(2,3)17-11-7-8-12-18(17)21-14-13-20-15-16-9-5-4-6-10-16/h7-8,11-12,16,20H,4-6,9-10,13-15H2,1-3H3. The Kier molecular flexibility index (Phi) is 6.10. The predicted octanol–water partition coefficient (Wildman–Crippen LogP) is 4.53. The van der Waals surface area contributed by atoms with Crippen LogP contribution in [-0.4, -0.2) is 19.7 Å². The fourth-order valence-corrected chi connectivity index (χ4v) is 3.14. The molecule has 0 atom stereocenters. The Morgan fingerprint density at radius 3 is 2.52 bits per heavy atom. The zero-order valence-corrected chi connectivity index (χ0v) is 14.0. The summed E-state index contributed by atoms with van der Waals surface area (Å²) in [6.07, 6.45) is 7.08. The molecule has 0 saturated heterocycles. The first-order chi connectivity index (χ1) is 10.1. The van der Waals surface area contributed by atoms with Gasteiger partial charge in [0.15, 0.2) is 0 Å². The van der Waals surface area contributed by atoms with E-state index in [4.69, 9.17) is 4.74 Å². The molecule has 0 bridgehead atoms. The largest absolute Gasteiger partial charge is 0.492 e. The zero-order valence-electron chi connectivity index (χ0n) is 14.0. The normalized spacial score (nSPS) is 16.9. The molecule has 2 rings (SSSR count). The first kappa shape index (κ1) is 16.4. The minimum Gasteiger partial charge on any atom is -0.492 e. The fraction of sp³-hybridized carbons (Fsp3) is 0.684. The maximum atomic E-state index is 5.99. The van der Waals surface area contributed by atoms with Gasteiger partial charge in [-0.15, -0.1) is 0 Å². The average Bonchev–Trinajstić information content (AvgIpc) is 2.47. The molecule has 2 heteroatoms. The number of benzene rings is 1. The third-order valence-corrected chi connectivity index (χ3v) is 4.39. The summed E-state index contributed by atoms with van der Waals surface area (Å²) < 4.78 is 5.99. The van der Waals surface area contributed by atoms with Crippen LogP contribution >= 0.6 is 0 Å². The van der Waals surface area contributed by atoms with Gasteiger partial charge in [-0.25, -0.2) is 0 Å². The SMILES string of the molecule is CC(C)(C)c1ccccc1OCCNCC1CCCCC1. The van der Waals surface area contributed by atoms with Crippen LogP contribution in [0.3, 0.4) is 0 Å². The van der Waals surface area contributed by atoms with Crippen LogP contribution in [0.4, 0.5) is 0 Å². The highest BCUT2D eigenvalue weighted by Crippen LogP contribution is 2.30. The second kappa shape index (κ2) is 7.84. The second-order valence-electron chi connectivity index (χ2n) is 7.30. The molecule has 21 heavy (non-hydrogen) atoms. The Labute approximate surface area is 130 Å². The smallest absolute Gasteiger partial charge is 0.123 e. The summed E-state index contributed by atoms with van der Waals surface area (Å²) in [4.78, 5) is 0. The van der Waals surface area contributed by atoms with Crippen molar-refractivity contribution in [2.75, 3.05) is 19.7 Å². The monoisotopic (exact) mass is 289 g/mol. The molecule has 1 fully saturated rings. The minimum atomic E-state index is 0.131. The van der Waals surface area contributed by atoms with Crippen molar-refractivity contribution in [2.45, 2.75) is 58.3 Å². The Balaban J connectivity index is 1.71. The van der Waals surface area contributed by atoms with Crippen molar-refractivity contribution >= 4 is 0 Å². The van der Waals surface area contributed by atoms with Gasteiger partial charge in [0.05, 0.1) is 0 Å². The third-order valence-electron chi connectivity index (χ3n) is 4.39. The van der Waals surface area contributed by atoms with Crippen LogP contribution in [0.25, 0.3) is 0 Å². The van der Waals surface area contributed by atoms with E-state index in [0.29, 0.717) is 0 Å². The molecule has 0 amide bonds. The highest BCUT2D eigenvalue weighted by atomic mass is 16.5. The second-order valence-corrected chi connectivity index (χ2v) is 7.30. The molecule has 1 N–H and O–H groups in total. The lowest BCUT2D eigenvalue weighted by Crippen LogP contribution is -2.28. The van der Waals surface area contributed by atoms with E-state index in [1.54, 1.807) is 0 Å². The molecule has 2 nitrogen and oxygen atoms in total. The van der Waals surface area contributed by atoms with Gasteiger partial charge in [0, 0.05) is 6.54 Å². The summed E-state index contributed by atoms with van der Waals surface area (Å²) in [6.45, 7) is 9.54. The molecule has 1 aromatic carbocycles. The quantitative estimate of drug-likeness (QED) is 0.777. The van der Waals surface area contributed by atoms with Gasteiger partial charge in [0.1, 0.15) is 12.4 Å². The number of ether oxygens (including phenoxy) is 1. The van der Waals surface area contributed by atoms with E-state index >= 15 is 0 Å². The van der Waals surface area contributed by atoms with Gasteiger partial charge < -0.3 is 10.1 Å². The van der Waals surface area contributed by atoms with Gasteiger partial charge in [0.2, 0.25) is 0 Å². The van der Waals surface area contributed by atoms with Crippen molar-refractivity contribution < 1.29 is 4.74 Å². The molecule has 0 radical (unpaired) electrons. The van der Waals surface area contributed by atoms with Gasteiger partial charge in [-0.1, -0.05) is 58.2 Å². The first-order valence-corrected chi connectivity index (χ1v) is 8.50. The maximum Gasteiger partial charge on any atom is 0.123 e. The van der Waals surface area contributed by atoms with E-state index in [0.717, 1.165) is 31.4 Å². The molecule has 0 aliphatic heterocycles. The van der Waals surface area contributed by atoms with E-state index < -0.39 is 0 Å². The highest BCUT2D eigenvalue weighted by molar-refractivity contribution is 5.38. The Morgan fingerprint density at radius 2 is 1.81 bits per heavy atom. The van der Waals surface area contributed by atoms with E-state index in [9.17, 15) is 0 Å². The fourth-order valence-electron chi connectivity index (χ4n) is 3.14. The van der Waals surface area contributed by atoms with Crippen molar-refractivity contribution in [3.8, 4) is 5.75 Å². The molecule has 0 aromatic heterocycles. The van der Waals surface area contributed by atoms with Crippen LogP contribution in [0.2, 0.25) is 0 Å². The molecule has 1 aromatic rings. The highest BCUT2D eigenvalue weighted by Gasteiger charge is 2.18. The summed E-state index contributed by atoms with van der Waals surface area (Å²) in [6, 6.07) is 8.40. The summed E-state index contributed by atoms with van der Waals surface area (Å²) in [5.41, 5.74) is 1.42. The minimum absolute atomic E-state index is 0.131. The van der Waals surface area contributed by atoms with Crippen LogP contribution in [0.15, 0.2) is 24.3 Å². The number of para-hydroxylation sites is 1. The molecule has 0 spiro atoms. The molecular weight excluding hydrogens is 258 g/mol. The number of hydrogen-bond acceptors (Lipinski definition) is 2.